The number of hydrogen-bond donors (Lipinski definition) is 0. The molecule has 1 saturated heterocycles. The standard InChI is InChI=1S/C9H19NO2/c1-9(2,8-11-3)10-4-6-12-7-5-10/h4-8H2,1-3H3. The molecule has 0 radical (unpaired) electrons. The predicted octanol–water partition coefficient (Wildman–Crippen LogP) is 0.744. The molecule has 0 saturated carbocycles. The zero-order valence-electron chi connectivity index (χ0n) is 8.30. The van der Waals surface area contributed by atoms with Crippen molar-refractivity contribution in [3.05, 3.63) is 0 Å². The quantitative estimate of drug-likeness (QED) is 0.628. The minimum absolute atomic E-state index is 0.151. The molecule has 0 N–H and O–H groups in total. The summed E-state index contributed by atoms with van der Waals surface area (Å²) in [4.78, 5) is 2.42. The molecule has 0 aromatic rings. The van der Waals surface area contributed by atoms with Crippen LogP contribution in [0.3, 0.4) is 0 Å². The summed E-state index contributed by atoms with van der Waals surface area (Å²) in [6.45, 7) is 8.96. The molecular formula is C9H19NO2. The van der Waals surface area contributed by atoms with Crippen molar-refractivity contribution >= 4 is 0 Å². The summed E-state index contributed by atoms with van der Waals surface area (Å²) in [6.07, 6.45) is 0. The lowest BCUT2D eigenvalue weighted by Gasteiger charge is -2.40. The Labute approximate surface area is 74.6 Å². The summed E-state index contributed by atoms with van der Waals surface area (Å²) in [7, 11) is 1.75. The molecule has 1 rings (SSSR count). The SMILES string of the molecule is COCC(C)(C)N1CCOCC1. The second kappa shape index (κ2) is 4.21. The first kappa shape index (κ1) is 9.96. The summed E-state index contributed by atoms with van der Waals surface area (Å²) >= 11 is 0. The van der Waals surface area contributed by atoms with Crippen LogP contribution in [-0.2, 0) is 9.47 Å². The average molecular weight is 173 g/mol. The molecule has 1 heterocycles. The molecule has 0 atom stereocenters. The van der Waals surface area contributed by atoms with E-state index < -0.39 is 0 Å². The summed E-state index contributed by atoms with van der Waals surface area (Å²) in [6, 6.07) is 0. The van der Waals surface area contributed by atoms with Gasteiger partial charge in [0.1, 0.15) is 0 Å². The normalized spacial score (nSPS) is 21.2. The van der Waals surface area contributed by atoms with Crippen LogP contribution in [0.4, 0.5) is 0 Å². The first-order valence-corrected chi connectivity index (χ1v) is 4.48. The zero-order chi connectivity index (χ0) is 9.03. The smallest absolute Gasteiger partial charge is 0.0641 e. The van der Waals surface area contributed by atoms with Crippen molar-refractivity contribution in [1.82, 2.24) is 4.90 Å². The van der Waals surface area contributed by atoms with E-state index in [0.717, 1.165) is 32.9 Å². The van der Waals surface area contributed by atoms with Gasteiger partial charge in [-0.3, -0.25) is 4.90 Å². The van der Waals surface area contributed by atoms with Gasteiger partial charge in [0, 0.05) is 25.7 Å². The van der Waals surface area contributed by atoms with Gasteiger partial charge in [0.25, 0.3) is 0 Å². The van der Waals surface area contributed by atoms with Crippen LogP contribution in [-0.4, -0.2) is 50.5 Å². The molecule has 12 heavy (non-hydrogen) atoms. The van der Waals surface area contributed by atoms with E-state index in [1.165, 1.54) is 0 Å². The molecule has 0 spiro atoms. The minimum Gasteiger partial charge on any atom is -0.383 e. The van der Waals surface area contributed by atoms with Gasteiger partial charge in [-0.25, -0.2) is 0 Å². The maximum absolute atomic E-state index is 5.29. The van der Waals surface area contributed by atoms with Crippen LogP contribution in [0.15, 0.2) is 0 Å². The fourth-order valence-corrected chi connectivity index (χ4v) is 1.61. The fraction of sp³-hybridized carbons (Fsp3) is 1.00. The van der Waals surface area contributed by atoms with Gasteiger partial charge >= 0.3 is 0 Å². The fourth-order valence-electron chi connectivity index (χ4n) is 1.61. The van der Waals surface area contributed by atoms with Crippen molar-refractivity contribution in [2.75, 3.05) is 40.0 Å². The maximum Gasteiger partial charge on any atom is 0.0641 e. The van der Waals surface area contributed by atoms with Crippen molar-refractivity contribution in [2.45, 2.75) is 19.4 Å². The van der Waals surface area contributed by atoms with Crippen molar-refractivity contribution in [3.8, 4) is 0 Å². The van der Waals surface area contributed by atoms with E-state index in [1.807, 2.05) is 0 Å². The summed E-state index contributed by atoms with van der Waals surface area (Å²) in [5.41, 5.74) is 0.151. The number of hydrogen-bond acceptors (Lipinski definition) is 3. The van der Waals surface area contributed by atoms with Crippen LogP contribution in [0.5, 0.6) is 0 Å². The molecule has 0 aromatic carbocycles. The second-order valence-electron chi connectivity index (χ2n) is 3.84. The van der Waals surface area contributed by atoms with E-state index in [2.05, 4.69) is 18.7 Å². The molecule has 0 bridgehead atoms. The molecule has 3 nitrogen and oxygen atoms in total. The van der Waals surface area contributed by atoms with Crippen molar-refractivity contribution in [1.29, 1.82) is 0 Å². The molecule has 0 amide bonds. The molecule has 0 aromatic heterocycles. The Kier molecular flexibility index (Phi) is 3.50. The molecule has 0 aliphatic carbocycles. The highest BCUT2D eigenvalue weighted by Crippen LogP contribution is 2.15. The second-order valence-corrected chi connectivity index (χ2v) is 3.84. The van der Waals surface area contributed by atoms with E-state index in [4.69, 9.17) is 9.47 Å². The van der Waals surface area contributed by atoms with Crippen LogP contribution in [0.25, 0.3) is 0 Å². The van der Waals surface area contributed by atoms with Crippen molar-refractivity contribution < 1.29 is 9.47 Å². The number of ether oxygens (including phenoxy) is 2. The van der Waals surface area contributed by atoms with Gasteiger partial charge < -0.3 is 9.47 Å². The lowest BCUT2D eigenvalue weighted by Crippen LogP contribution is -2.52. The highest BCUT2D eigenvalue weighted by Gasteiger charge is 2.27. The third-order valence-electron chi connectivity index (χ3n) is 2.36. The molecular weight excluding hydrogens is 154 g/mol. The molecule has 1 aliphatic heterocycles. The topological polar surface area (TPSA) is 21.7 Å². The lowest BCUT2D eigenvalue weighted by molar-refractivity contribution is -0.0365. The average Bonchev–Trinajstić information content (AvgIpc) is 2.06. The molecule has 1 fully saturated rings. The van der Waals surface area contributed by atoms with Gasteiger partial charge in [0.15, 0.2) is 0 Å². The van der Waals surface area contributed by atoms with Crippen molar-refractivity contribution in [2.24, 2.45) is 0 Å². The molecule has 72 valence electrons. The first-order chi connectivity index (χ1) is 5.67. The van der Waals surface area contributed by atoms with Gasteiger partial charge in [-0.2, -0.15) is 0 Å². The highest BCUT2D eigenvalue weighted by atomic mass is 16.5. The van der Waals surface area contributed by atoms with Crippen LogP contribution in [0.1, 0.15) is 13.8 Å². The van der Waals surface area contributed by atoms with Crippen molar-refractivity contribution in [3.63, 3.8) is 0 Å². The predicted molar refractivity (Wildman–Crippen MR) is 48.3 cm³/mol. The van der Waals surface area contributed by atoms with Crippen LogP contribution in [0, 0.1) is 0 Å². The molecule has 0 unspecified atom stereocenters. The first-order valence-electron chi connectivity index (χ1n) is 4.48. The Morgan fingerprint density at radius 3 is 2.42 bits per heavy atom. The number of methoxy groups -OCH3 is 1. The minimum atomic E-state index is 0.151. The van der Waals surface area contributed by atoms with E-state index in [9.17, 15) is 0 Å². The van der Waals surface area contributed by atoms with E-state index in [-0.39, 0.29) is 5.54 Å². The highest BCUT2D eigenvalue weighted by molar-refractivity contribution is 4.82. The third kappa shape index (κ3) is 2.44. The molecule has 3 heteroatoms. The van der Waals surface area contributed by atoms with Gasteiger partial charge in [0.05, 0.1) is 19.8 Å². The largest absolute Gasteiger partial charge is 0.383 e. The lowest BCUT2D eigenvalue weighted by atomic mass is 10.0. The number of morpholine rings is 1. The Morgan fingerprint density at radius 2 is 1.92 bits per heavy atom. The van der Waals surface area contributed by atoms with Crippen LogP contribution in [0.2, 0.25) is 0 Å². The Balaban J connectivity index is 2.41. The summed E-state index contributed by atoms with van der Waals surface area (Å²) in [5, 5.41) is 0. The maximum atomic E-state index is 5.29. The van der Waals surface area contributed by atoms with Gasteiger partial charge in [-0.1, -0.05) is 0 Å². The van der Waals surface area contributed by atoms with Crippen LogP contribution < -0.4 is 0 Å². The zero-order valence-corrected chi connectivity index (χ0v) is 8.30. The third-order valence-corrected chi connectivity index (χ3v) is 2.36. The Hall–Kier alpha value is -0.120. The van der Waals surface area contributed by atoms with E-state index in [1.54, 1.807) is 7.11 Å². The van der Waals surface area contributed by atoms with Crippen LogP contribution >= 0.6 is 0 Å². The Morgan fingerprint density at radius 1 is 1.33 bits per heavy atom. The van der Waals surface area contributed by atoms with Gasteiger partial charge in [-0.15, -0.1) is 0 Å². The summed E-state index contributed by atoms with van der Waals surface area (Å²) < 4.78 is 10.5. The van der Waals surface area contributed by atoms with E-state index >= 15 is 0 Å². The summed E-state index contributed by atoms with van der Waals surface area (Å²) in [5.74, 6) is 0. The number of rotatable bonds is 3. The molecule has 1 aliphatic rings. The Bertz CT molecular complexity index is 130. The monoisotopic (exact) mass is 173 g/mol. The van der Waals surface area contributed by atoms with Gasteiger partial charge in [0.2, 0.25) is 0 Å². The number of nitrogens with zero attached hydrogens (tertiary/aromatic N) is 1. The van der Waals surface area contributed by atoms with E-state index in [0.29, 0.717) is 0 Å². The van der Waals surface area contributed by atoms with Gasteiger partial charge in [-0.05, 0) is 13.8 Å².